The van der Waals surface area contributed by atoms with E-state index in [1.54, 1.807) is 32.0 Å². The minimum absolute atomic E-state index is 0.120. The normalized spacial score (nSPS) is 16.4. The van der Waals surface area contributed by atoms with Crippen molar-refractivity contribution in [3.63, 3.8) is 0 Å². The van der Waals surface area contributed by atoms with E-state index in [1.807, 2.05) is 0 Å². The van der Waals surface area contributed by atoms with E-state index in [0.29, 0.717) is 17.0 Å². The Morgan fingerprint density at radius 3 is 2.95 bits per heavy atom. The van der Waals surface area contributed by atoms with Crippen LogP contribution in [-0.4, -0.2) is 36.7 Å². The van der Waals surface area contributed by atoms with Gasteiger partial charge in [-0.3, -0.25) is 9.59 Å². The molecule has 0 aromatic heterocycles. The first-order valence-corrected chi connectivity index (χ1v) is 6.41. The lowest BCUT2D eigenvalue weighted by molar-refractivity contribution is -0.124. The van der Waals surface area contributed by atoms with Crippen LogP contribution in [-0.2, 0) is 4.79 Å². The molecular formula is C14H18N2O4. The molecule has 0 bridgehead atoms. The van der Waals surface area contributed by atoms with E-state index in [2.05, 4.69) is 10.6 Å². The van der Waals surface area contributed by atoms with Gasteiger partial charge in [0, 0.05) is 12.1 Å². The summed E-state index contributed by atoms with van der Waals surface area (Å²) >= 11 is 0. The van der Waals surface area contributed by atoms with Crippen LogP contribution in [0.3, 0.4) is 0 Å². The highest BCUT2D eigenvalue weighted by Gasteiger charge is 2.32. The largest absolute Gasteiger partial charge is 0.490 e. The average Bonchev–Trinajstić information content (AvgIpc) is 2.53. The van der Waals surface area contributed by atoms with E-state index in [0.717, 1.165) is 0 Å². The van der Waals surface area contributed by atoms with Crippen LogP contribution in [0.1, 0.15) is 24.2 Å². The Morgan fingerprint density at radius 1 is 1.50 bits per heavy atom. The third-order valence-corrected chi connectivity index (χ3v) is 3.09. The Morgan fingerprint density at radius 2 is 2.25 bits per heavy atom. The van der Waals surface area contributed by atoms with Crippen LogP contribution < -0.4 is 15.4 Å². The number of carbonyl (C=O) groups is 2. The van der Waals surface area contributed by atoms with Gasteiger partial charge in [0.2, 0.25) is 5.91 Å². The number of carbonyl (C=O) groups excluding carboxylic acids is 2. The maximum atomic E-state index is 12.0. The molecule has 0 saturated carbocycles. The van der Waals surface area contributed by atoms with E-state index < -0.39 is 5.41 Å². The number of hydrogen-bond acceptors (Lipinski definition) is 4. The second kappa shape index (κ2) is 5.50. The summed E-state index contributed by atoms with van der Waals surface area (Å²) in [6.07, 6.45) is 0. The number of nitrogens with one attached hydrogen (secondary N) is 2. The van der Waals surface area contributed by atoms with Crippen LogP contribution in [0.4, 0.5) is 5.69 Å². The van der Waals surface area contributed by atoms with Gasteiger partial charge in [0.05, 0.1) is 17.7 Å². The molecule has 1 aliphatic rings. The van der Waals surface area contributed by atoms with Gasteiger partial charge in [-0.1, -0.05) is 0 Å². The van der Waals surface area contributed by atoms with E-state index in [-0.39, 0.29) is 31.6 Å². The number of aliphatic hydroxyl groups is 1. The number of amides is 2. The number of anilines is 1. The fraction of sp³-hybridized carbons (Fsp3) is 0.429. The van der Waals surface area contributed by atoms with E-state index in [4.69, 9.17) is 9.84 Å². The molecule has 6 nitrogen and oxygen atoms in total. The van der Waals surface area contributed by atoms with Crippen molar-refractivity contribution in [1.82, 2.24) is 5.32 Å². The van der Waals surface area contributed by atoms with Crippen LogP contribution in [0.2, 0.25) is 0 Å². The first-order valence-electron chi connectivity index (χ1n) is 6.41. The smallest absolute Gasteiger partial charge is 0.251 e. The number of hydrogen-bond donors (Lipinski definition) is 3. The topological polar surface area (TPSA) is 87.7 Å². The predicted molar refractivity (Wildman–Crippen MR) is 73.8 cm³/mol. The van der Waals surface area contributed by atoms with Gasteiger partial charge in [-0.25, -0.2) is 0 Å². The monoisotopic (exact) mass is 278 g/mol. The maximum Gasteiger partial charge on any atom is 0.251 e. The minimum atomic E-state index is -0.627. The van der Waals surface area contributed by atoms with Crippen molar-refractivity contribution in [1.29, 1.82) is 0 Å². The molecule has 3 N–H and O–H groups in total. The zero-order valence-electron chi connectivity index (χ0n) is 11.5. The summed E-state index contributed by atoms with van der Waals surface area (Å²) in [4.78, 5) is 23.8. The molecule has 1 aromatic carbocycles. The highest BCUT2D eigenvalue weighted by atomic mass is 16.5. The number of rotatable bonds is 3. The lowest BCUT2D eigenvalue weighted by Crippen LogP contribution is -2.33. The lowest BCUT2D eigenvalue weighted by atomic mass is 9.94. The lowest BCUT2D eigenvalue weighted by Gasteiger charge is -2.18. The minimum Gasteiger partial charge on any atom is -0.490 e. The molecule has 20 heavy (non-hydrogen) atoms. The predicted octanol–water partition coefficient (Wildman–Crippen LogP) is 0.766. The first kappa shape index (κ1) is 14.3. The van der Waals surface area contributed by atoms with E-state index in [1.165, 1.54) is 0 Å². The second-order valence-corrected chi connectivity index (χ2v) is 5.32. The quantitative estimate of drug-likeness (QED) is 0.762. The van der Waals surface area contributed by atoms with Gasteiger partial charge in [-0.05, 0) is 32.0 Å². The first-order chi connectivity index (χ1) is 9.44. The van der Waals surface area contributed by atoms with Gasteiger partial charge >= 0.3 is 0 Å². The van der Waals surface area contributed by atoms with Crippen LogP contribution in [0.25, 0.3) is 0 Å². The molecule has 0 saturated heterocycles. The van der Waals surface area contributed by atoms with Gasteiger partial charge in [-0.2, -0.15) is 0 Å². The third-order valence-electron chi connectivity index (χ3n) is 3.09. The standard InChI is InChI=1S/C14H18N2O4/c1-14(2)8-20-11-4-3-9(12(18)15-5-6-17)7-10(11)16-13(14)19/h3-4,7,17H,5-6,8H2,1-2H3,(H,15,18)(H,16,19). The van der Waals surface area contributed by atoms with Crippen molar-refractivity contribution in [3.05, 3.63) is 23.8 Å². The van der Waals surface area contributed by atoms with Crippen molar-refractivity contribution < 1.29 is 19.4 Å². The highest BCUT2D eigenvalue weighted by molar-refractivity contribution is 6.00. The van der Waals surface area contributed by atoms with Gasteiger partial charge in [0.1, 0.15) is 12.4 Å². The summed E-state index contributed by atoms with van der Waals surface area (Å²) in [5, 5.41) is 14.0. The molecule has 2 rings (SSSR count). The Bertz CT molecular complexity index is 540. The molecule has 6 heteroatoms. The molecule has 0 atom stereocenters. The Labute approximate surface area is 117 Å². The molecule has 0 radical (unpaired) electrons. The summed E-state index contributed by atoms with van der Waals surface area (Å²) in [5.74, 6) is 0.0893. The van der Waals surface area contributed by atoms with Crippen LogP contribution in [0.5, 0.6) is 5.75 Å². The SMILES string of the molecule is CC1(C)COc2ccc(C(=O)NCCO)cc2NC1=O. The Kier molecular flexibility index (Phi) is 3.94. The zero-order chi connectivity index (χ0) is 14.8. The van der Waals surface area contributed by atoms with Gasteiger partial charge < -0.3 is 20.5 Å². The van der Waals surface area contributed by atoms with Gasteiger partial charge in [0.15, 0.2) is 0 Å². The number of aliphatic hydroxyl groups excluding tert-OH is 1. The molecule has 108 valence electrons. The van der Waals surface area contributed by atoms with E-state index in [9.17, 15) is 9.59 Å². The van der Waals surface area contributed by atoms with Crippen molar-refractivity contribution in [2.75, 3.05) is 25.1 Å². The molecule has 0 unspecified atom stereocenters. The van der Waals surface area contributed by atoms with Crippen LogP contribution in [0.15, 0.2) is 18.2 Å². The molecule has 1 aliphatic heterocycles. The number of benzene rings is 1. The van der Waals surface area contributed by atoms with Gasteiger partial charge in [-0.15, -0.1) is 0 Å². The Hall–Kier alpha value is -2.08. The van der Waals surface area contributed by atoms with E-state index >= 15 is 0 Å². The molecule has 1 aromatic rings. The highest BCUT2D eigenvalue weighted by Crippen LogP contribution is 2.32. The van der Waals surface area contributed by atoms with Crippen LogP contribution in [0, 0.1) is 5.41 Å². The van der Waals surface area contributed by atoms with Crippen molar-refractivity contribution in [2.24, 2.45) is 5.41 Å². The molecule has 0 aliphatic carbocycles. The summed E-state index contributed by atoms with van der Waals surface area (Å²) in [5.41, 5.74) is 0.260. The molecule has 2 amide bonds. The van der Waals surface area contributed by atoms with Gasteiger partial charge in [0.25, 0.3) is 5.91 Å². The second-order valence-electron chi connectivity index (χ2n) is 5.32. The molecule has 1 heterocycles. The zero-order valence-corrected chi connectivity index (χ0v) is 11.5. The summed E-state index contributed by atoms with van der Waals surface area (Å²) < 4.78 is 5.59. The van der Waals surface area contributed by atoms with Crippen molar-refractivity contribution >= 4 is 17.5 Å². The summed E-state index contributed by atoms with van der Waals surface area (Å²) in [6.45, 7) is 3.94. The average molecular weight is 278 g/mol. The maximum absolute atomic E-state index is 12.0. The number of fused-ring (bicyclic) bond motifs is 1. The van der Waals surface area contributed by atoms with Crippen molar-refractivity contribution in [3.8, 4) is 5.75 Å². The third kappa shape index (κ3) is 2.91. The molecular weight excluding hydrogens is 260 g/mol. The fourth-order valence-corrected chi connectivity index (χ4v) is 1.78. The summed E-state index contributed by atoms with van der Waals surface area (Å²) in [6, 6.07) is 4.85. The Balaban J connectivity index is 2.24. The van der Waals surface area contributed by atoms with Crippen molar-refractivity contribution in [2.45, 2.75) is 13.8 Å². The van der Waals surface area contributed by atoms with Crippen LogP contribution >= 0.6 is 0 Å². The molecule has 0 fully saturated rings. The number of ether oxygens (including phenoxy) is 1. The fourth-order valence-electron chi connectivity index (χ4n) is 1.78. The summed E-state index contributed by atoms with van der Waals surface area (Å²) in [7, 11) is 0. The molecule has 0 spiro atoms.